The average Bonchev–Trinajstić information content (AvgIpc) is 3.06. The lowest BCUT2D eigenvalue weighted by molar-refractivity contribution is -0.147. The summed E-state index contributed by atoms with van der Waals surface area (Å²) in [6.45, 7) is 2.99. The molecular weight excluding hydrogens is 396 g/mol. The van der Waals surface area contributed by atoms with E-state index in [2.05, 4.69) is 19.9 Å². The minimum Gasteiger partial charge on any atom is -0.465 e. The smallest absolute Gasteiger partial charge is 0.337 e. The molecule has 1 heterocycles. The van der Waals surface area contributed by atoms with E-state index in [-0.39, 0.29) is 23.2 Å². The Hall–Kier alpha value is -3.69. The van der Waals surface area contributed by atoms with E-state index in [0.29, 0.717) is 17.9 Å². The molecule has 0 unspecified atom stereocenters. The van der Waals surface area contributed by atoms with Crippen molar-refractivity contribution in [2.45, 2.75) is 26.7 Å². The largest absolute Gasteiger partial charge is 0.465 e. The van der Waals surface area contributed by atoms with Gasteiger partial charge in [0, 0.05) is 17.7 Å². The Kier molecular flexibility index (Phi) is 7.68. The standard InChI is InChI=1S/C20H22N2O8/c1-11-16(12(2)30-22-11)5-6-18(24)29-10-17(23)21-15-8-13(19(25)27-3)7-14(9-15)20(26)28-4/h7-9H,5-6,10H2,1-4H3,(H,21,23). The third kappa shape index (κ3) is 5.90. The van der Waals surface area contributed by atoms with E-state index >= 15 is 0 Å². The summed E-state index contributed by atoms with van der Waals surface area (Å²) < 4.78 is 19.3. The number of esters is 3. The van der Waals surface area contributed by atoms with Gasteiger partial charge >= 0.3 is 17.9 Å². The predicted molar refractivity (Wildman–Crippen MR) is 103 cm³/mol. The second-order valence-corrected chi connectivity index (χ2v) is 6.29. The molecule has 30 heavy (non-hydrogen) atoms. The van der Waals surface area contributed by atoms with Gasteiger partial charge in [-0.1, -0.05) is 5.16 Å². The van der Waals surface area contributed by atoms with Crippen molar-refractivity contribution in [3.8, 4) is 0 Å². The van der Waals surface area contributed by atoms with E-state index in [1.165, 1.54) is 32.4 Å². The first-order valence-electron chi connectivity index (χ1n) is 8.94. The van der Waals surface area contributed by atoms with Gasteiger partial charge in [-0.3, -0.25) is 9.59 Å². The lowest BCUT2D eigenvalue weighted by Crippen LogP contribution is -2.21. The highest BCUT2D eigenvalue weighted by molar-refractivity contribution is 5.99. The summed E-state index contributed by atoms with van der Waals surface area (Å²) in [5.74, 6) is -1.96. The van der Waals surface area contributed by atoms with Gasteiger partial charge in [0.2, 0.25) is 0 Å². The van der Waals surface area contributed by atoms with Gasteiger partial charge in [-0.25, -0.2) is 9.59 Å². The van der Waals surface area contributed by atoms with Crippen LogP contribution in [0.2, 0.25) is 0 Å². The molecule has 1 aromatic carbocycles. The number of hydrogen-bond acceptors (Lipinski definition) is 9. The Morgan fingerprint density at radius 1 is 1.00 bits per heavy atom. The summed E-state index contributed by atoms with van der Waals surface area (Å²) in [6.07, 6.45) is 0.436. The van der Waals surface area contributed by atoms with Gasteiger partial charge in [0.1, 0.15) is 5.76 Å². The van der Waals surface area contributed by atoms with Gasteiger partial charge in [-0.05, 0) is 38.5 Å². The third-order valence-corrected chi connectivity index (χ3v) is 4.18. The van der Waals surface area contributed by atoms with Gasteiger partial charge in [-0.15, -0.1) is 0 Å². The van der Waals surface area contributed by atoms with Crippen LogP contribution in [0, 0.1) is 13.8 Å². The predicted octanol–water partition coefficient (Wildman–Crippen LogP) is 1.98. The van der Waals surface area contributed by atoms with Gasteiger partial charge in [0.15, 0.2) is 6.61 Å². The minimum absolute atomic E-state index is 0.0483. The molecule has 10 heteroatoms. The van der Waals surface area contributed by atoms with E-state index in [0.717, 1.165) is 5.56 Å². The number of amides is 1. The molecule has 1 aromatic heterocycles. The number of anilines is 1. The Morgan fingerprint density at radius 2 is 1.60 bits per heavy atom. The van der Waals surface area contributed by atoms with Crippen molar-refractivity contribution >= 4 is 29.5 Å². The van der Waals surface area contributed by atoms with E-state index in [1.807, 2.05) is 0 Å². The maximum atomic E-state index is 12.1. The van der Waals surface area contributed by atoms with Crippen LogP contribution in [-0.4, -0.2) is 49.8 Å². The van der Waals surface area contributed by atoms with Gasteiger partial charge in [-0.2, -0.15) is 0 Å². The SMILES string of the molecule is COC(=O)c1cc(NC(=O)COC(=O)CCc2c(C)noc2C)cc(C(=O)OC)c1. The number of carbonyl (C=O) groups excluding carboxylic acids is 4. The Labute approximate surface area is 172 Å². The number of carbonyl (C=O) groups is 4. The molecule has 0 aliphatic rings. The number of ether oxygens (including phenoxy) is 3. The summed E-state index contributed by atoms with van der Waals surface area (Å²) in [5, 5.41) is 6.28. The van der Waals surface area contributed by atoms with E-state index in [4.69, 9.17) is 9.26 Å². The fourth-order valence-corrected chi connectivity index (χ4v) is 2.67. The second kappa shape index (κ2) is 10.2. The van der Waals surface area contributed by atoms with Crippen molar-refractivity contribution in [2.75, 3.05) is 26.1 Å². The second-order valence-electron chi connectivity index (χ2n) is 6.29. The minimum atomic E-state index is -0.693. The molecule has 0 aliphatic heterocycles. The summed E-state index contributed by atoms with van der Waals surface area (Å²) in [4.78, 5) is 47.6. The zero-order valence-electron chi connectivity index (χ0n) is 17.1. The topological polar surface area (TPSA) is 134 Å². The van der Waals surface area contributed by atoms with Gasteiger partial charge in [0.25, 0.3) is 5.91 Å². The van der Waals surface area contributed by atoms with Crippen LogP contribution in [0.3, 0.4) is 0 Å². The zero-order valence-corrected chi connectivity index (χ0v) is 17.1. The number of aromatic nitrogens is 1. The van der Waals surface area contributed by atoms with E-state index < -0.39 is 30.4 Å². The molecule has 0 radical (unpaired) electrons. The first kappa shape index (κ1) is 22.6. The molecule has 10 nitrogen and oxygen atoms in total. The van der Waals surface area contributed by atoms with Crippen LogP contribution in [0.15, 0.2) is 22.7 Å². The quantitative estimate of drug-likeness (QED) is 0.504. The summed E-state index contributed by atoms with van der Waals surface area (Å²) in [5.41, 5.74) is 1.77. The number of aryl methyl sites for hydroxylation is 2. The molecule has 0 atom stereocenters. The van der Waals surface area contributed by atoms with Crippen LogP contribution in [0.1, 0.15) is 44.2 Å². The van der Waals surface area contributed by atoms with Crippen molar-refractivity contribution < 1.29 is 37.9 Å². The molecule has 0 bridgehead atoms. The number of nitrogens with zero attached hydrogens (tertiary/aromatic N) is 1. The molecule has 2 aromatic rings. The van der Waals surface area contributed by atoms with Crippen molar-refractivity contribution in [3.63, 3.8) is 0 Å². The highest BCUT2D eigenvalue weighted by Crippen LogP contribution is 2.17. The lowest BCUT2D eigenvalue weighted by Gasteiger charge is -2.10. The van der Waals surface area contributed by atoms with Crippen molar-refractivity contribution in [2.24, 2.45) is 0 Å². The molecule has 2 rings (SSSR count). The van der Waals surface area contributed by atoms with Crippen LogP contribution >= 0.6 is 0 Å². The number of rotatable bonds is 8. The summed E-state index contributed by atoms with van der Waals surface area (Å²) in [6, 6.07) is 3.94. The Balaban J connectivity index is 1.95. The van der Waals surface area contributed by atoms with Crippen LogP contribution in [-0.2, 0) is 30.2 Å². The lowest BCUT2D eigenvalue weighted by atomic mass is 10.1. The number of benzene rings is 1. The number of methoxy groups -OCH3 is 2. The first-order chi connectivity index (χ1) is 14.2. The molecule has 0 aliphatic carbocycles. The monoisotopic (exact) mass is 418 g/mol. The summed E-state index contributed by atoms with van der Waals surface area (Å²) >= 11 is 0. The van der Waals surface area contributed by atoms with Gasteiger partial charge < -0.3 is 24.1 Å². The van der Waals surface area contributed by atoms with E-state index in [1.54, 1.807) is 13.8 Å². The maximum Gasteiger partial charge on any atom is 0.337 e. The highest BCUT2D eigenvalue weighted by atomic mass is 16.5. The van der Waals surface area contributed by atoms with Crippen LogP contribution in [0.5, 0.6) is 0 Å². The zero-order chi connectivity index (χ0) is 22.3. The van der Waals surface area contributed by atoms with Crippen molar-refractivity contribution in [1.29, 1.82) is 0 Å². The molecule has 160 valence electrons. The molecule has 1 N–H and O–H groups in total. The van der Waals surface area contributed by atoms with Crippen LogP contribution < -0.4 is 5.32 Å². The number of hydrogen-bond donors (Lipinski definition) is 1. The third-order valence-electron chi connectivity index (χ3n) is 4.18. The molecule has 0 saturated carbocycles. The fraction of sp³-hybridized carbons (Fsp3) is 0.350. The molecule has 0 spiro atoms. The van der Waals surface area contributed by atoms with Crippen molar-refractivity contribution in [1.82, 2.24) is 5.16 Å². The molecule has 0 saturated heterocycles. The maximum absolute atomic E-state index is 12.1. The highest BCUT2D eigenvalue weighted by Gasteiger charge is 2.16. The Bertz CT molecular complexity index is 910. The molecule has 0 fully saturated rings. The first-order valence-corrected chi connectivity index (χ1v) is 8.94. The summed E-state index contributed by atoms with van der Waals surface area (Å²) in [7, 11) is 2.38. The normalized spacial score (nSPS) is 10.3. The van der Waals surface area contributed by atoms with Crippen molar-refractivity contribution in [3.05, 3.63) is 46.3 Å². The fourth-order valence-electron chi connectivity index (χ4n) is 2.67. The number of nitrogens with one attached hydrogen (secondary N) is 1. The van der Waals surface area contributed by atoms with Gasteiger partial charge in [0.05, 0.1) is 31.0 Å². The van der Waals surface area contributed by atoms with Crippen LogP contribution in [0.25, 0.3) is 0 Å². The molecule has 1 amide bonds. The van der Waals surface area contributed by atoms with E-state index in [9.17, 15) is 19.2 Å². The average molecular weight is 418 g/mol. The van der Waals surface area contributed by atoms with Crippen LogP contribution in [0.4, 0.5) is 5.69 Å². The Morgan fingerprint density at radius 3 is 2.10 bits per heavy atom. The molecular formula is C20H22N2O8.